The molecule has 0 aliphatic carbocycles. The minimum absolute atomic E-state index is 0.0884. The summed E-state index contributed by atoms with van der Waals surface area (Å²) in [5.41, 5.74) is 3.05. The molecule has 3 heteroatoms. The molecule has 1 heterocycles. The highest BCUT2D eigenvalue weighted by Gasteiger charge is 2.26. The Morgan fingerprint density at radius 1 is 1.29 bits per heavy atom. The summed E-state index contributed by atoms with van der Waals surface area (Å²) in [6.07, 6.45) is 1.77. The first-order valence-corrected chi connectivity index (χ1v) is 6.28. The summed E-state index contributed by atoms with van der Waals surface area (Å²) in [5.74, 6) is 0.0884. The number of aryl methyl sites for hydroxylation is 1. The molecule has 1 aromatic rings. The third-order valence-electron chi connectivity index (χ3n) is 2.83. The van der Waals surface area contributed by atoms with E-state index in [1.807, 2.05) is 19.1 Å². The van der Waals surface area contributed by atoms with E-state index in [2.05, 4.69) is 25.6 Å². The Kier molecular flexibility index (Phi) is 3.38. The van der Waals surface area contributed by atoms with Gasteiger partial charge < -0.3 is 0 Å². The van der Waals surface area contributed by atoms with Gasteiger partial charge in [0.25, 0.3) is 5.91 Å². The molecule has 1 aliphatic rings. The number of hydrogen-bond donors (Lipinski definition) is 0. The Morgan fingerprint density at radius 3 is 2.47 bits per heavy atom. The van der Waals surface area contributed by atoms with E-state index in [9.17, 15) is 4.79 Å². The van der Waals surface area contributed by atoms with E-state index in [1.165, 1.54) is 17.5 Å². The summed E-state index contributed by atoms with van der Waals surface area (Å²) < 4.78 is 1.77. The molecule has 0 radical (unpaired) electrons. The Balaban J connectivity index is 2.10. The van der Waals surface area contributed by atoms with Crippen LogP contribution >= 0.6 is 11.9 Å². The lowest BCUT2D eigenvalue weighted by atomic mass is 10.2. The van der Waals surface area contributed by atoms with Crippen molar-refractivity contribution in [2.75, 3.05) is 6.54 Å². The van der Waals surface area contributed by atoms with Crippen LogP contribution < -0.4 is 0 Å². The predicted octanol–water partition coefficient (Wildman–Crippen LogP) is 3.35. The van der Waals surface area contributed by atoms with Crippen LogP contribution in [-0.4, -0.2) is 16.8 Å². The van der Waals surface area contributed by atoms with Crippen LogP contribution in [0, 0.1) is 6.92 Å². The zero-order chi connectivity index (χ0) is 12.4. The standard InChI is InChI=1S/C14H15NOS/c1-4-12-9-15(14(16)11(12)3)17-13-7-5-10(2)6-8-13/h4-8H,1,9H2,2-3H3. The van der Waals surface area contributed by atoms with Gasteiger partial charge in [0, 0.05) is 10.5 Å². The molecule has 2 rings (SSSR count). The van der Waals surface area contributed by atoms with Crippen molar-refractivity contribution in [2.24, 2.45) is 0 Å². The van der Waals surface area contributed by atoms with Gasteiger partial charge >= 0.3 is 0 Å². The van der Waals surface area contributed by atoms with Crippen molar-refractivity contribution in [3.63, 3.8) is 0 Å². The van der Waals surface area contributed by atoms with Crippen molar-refractivity contribution in [2.45, 2.75) is 18.7 Å². The molecule has 0 saturated carbocycles. The third-order valence-corrected chi connectivity index (χ3v) is 3.82. The Bertz CT molecular complexity index is 487. The Labute approximate surface area is 106 Å². The second kappa shape index (κ2) is 4.80. The normalized spacial score (nSPS) is 15.6. The average molecular weight is 245 g/mol. The van der Waals surface area contributed by atoms with Crippen molar-refractivity contribution < 1.29 is 4.79 Å². The molecule has 1 amide bonds. The SMILES string of the molecule is C=CC1=C(C)C(=O)N(Sc2ccc(C)cc2)C1. The lowest BCUT2D eigenvalue weighted by Gasteiger charge is -2.14. The highest BCUT2D eigenvalue weighted by atomic mass is 32.2. The van der Waals surface area contributed by atoms with Gasteiger partial charge in [-0.15, -0.1) is 0 Å². The first-order chi connectivity index (χ1) is 8.11. The molecular weight excluding hydrogens is 230 g/mol. The monoisotopic (exact) mass is 245 g/mol. The van der Waals surface area contributed by atoms with Gasteiger partial charge in [-0.1, -0.05) is 30.4 Å². The number of carbonyl (C=O) groups excluding carboxylic acids is 1. The van der Waals surface area contributed by atoms with E-state index in [0.29, 0.717) is 6.54 Å². The highest BCUT2D eigenvalue weighted by Crippen LogP contribution is 2.30. The molecule has 88 valence electrons. The number of rotatable bonds is 3. The first kappa shape index (κ1) is 12.0. The maximum atomic E-state index is 11.9. The van der Waals surface area contributed by atoms with Crippen molar-refractivity contribution in [3.05, 3.63) is 53.6 Å². The molecular formula is C14H15NOS. The zero-order valence-corrected chi connectivity index (χ0v) is 10.9. The van der Waals surface area contributed by atoms with Gasteiger partial charge in [0.1, 0.15) is 0 Å². The van der Waals surface area contributed by atoms with Crippen LogP contribution in [-0.2, 0) is 4.79 Å². The first-order valence-electron chi connectivity index (χ1n) is 5.50. The highest BCUT2D eigenvalue weighted by molar-refractivity contribution is 7.97. The predicted molar refractivity (Wildman–Crippen MR) is 71.6 cm³/mol. The third kappa shape index (κ3) is 2.44. The van der Waals surface area contributed by atoms with E-state index in [4.69, 9.17) is 0 Å². The number of carbonyl (C=O) groups is 1. The van der Waals surface area contributed by atoms with Crippen molar-refractivity contribution in [1.82, 2.24) is 4.31 Å². The van der Waals surface area contributed by atoms with Crippen molar-refractivity contribution >= 4 is 17.9 Å². The molecule has 0 bridgehead atoms. The second-order valence-corrected chi connectivity index (χ2v) is 5.20. The van der Waals surface area contributed by atoms with Crippen molar-refractivity contribution in [1.29, 1.82) is 0 Å². The van der Waals surface area contributed by atoms with Gasteiger partial charge in [-0.2, -0.15) is 0 Å². The lowest BCUT2D eigenvalue weighted by molar-refractivity contribution is -0.121. The van der Waals surface area contributed by atoms with E-state index in [1.54, 1.807) is 10.4 Å². The van der Waals surface area contributed by atoms with Gasteiger partial charge in [-0.3, -0.25) is 9.10 Å². The molecule has 0 aromatic heterocycles. The summed E-state index contributed by atoms with van der Waals surface area (Å²) in [5, 5.41) is 0. The van der Waals surface area contributed by atoms with E-state index in [0.717, 1.165) is 16.0 Å². The van der Waals surface area contributed by atoms with E-state index >= 15 is 0 Å². The van der Waals surface area contributed by atoms with Gasteiger partial charge in [0.15, 0.2) is 0 Å². The smallest absolute Gasteiger partial charge is 0.260 e. The molecule has 0 N–H and O–H groups in total. The fraction of sp³-hybridized carbons (Fsp3) is 0.214. The largest absolute Gasteiger partial charge is 0.274 e. The van der Waals surface area contributed by atoms with Crippen LogP contribution in [0.4, 0.5) is 0 Å². The van der Waals surface area contributed by atoms with Crippen LogP contribution in [0.25, 0.3) is 0 Å². The molecule has 2 nitrogen and oxygen atoms in total. The molecule has 0 fully saturated rings. The zero-order valence-electron chi connectivity index (χ0n) is 10.1. The summed E-state index contributed by atoms with van der Waals surface area (Å²) in [7, 11) is 0. The maximum Gasteiger partial charge on any atom is 0.260 e. The van der Waals surface area contributed by atoms with Gasteiger partial charge in [-0.05, 0) is 43.5 Å². The summed E-state index contributed by atoms with van der Waals surface area (Å²) >= 11 is 1.49. The minimum atomic E-state index is 0.0884. The molecule has 0 atom stereocenters. The summed E-state index contributed by atoms with van der Waals surface area (Å²) in [4.78, 5) is 13.0. The van der Waals surface area contributed by atoms with Crippen LogP contribution in [0.15, 0.2) is 53.0 Å². The number of hydrogen-bond acceptors (Lipinski definition) is 2. The van der Waals surface area contributed by atoms with Crippen LogP contribution in [0.3, 0.4) is 0 Å². The van der Waals surface area contributed by atoms with Gasteiger partial charge in [-0.25, -0.2) is 0 Å². The molecule has 0 spiro atoms. The number of amides is 1. The maximum absolute atomic E-state index is 11.9. The quantitative estimate of drug-likeness (QED) is 0.761. The molecule has 1 aliphatic heterocycles. The van der Waals surface area contributed by atoms with Gasteiger partial charge in [0.2, 0.25) is 0 Å². The summed E-state index contributed by atoms with van der Waals surface area (Å²) in [6.45, 7) is 8.29. The van der Waals surface area contributed by atoms with E-state index < -0.39 is 0 Å². The van der Waals surface area contributed by atoms with Gasteiger partial charge in [0.05, 0.1) is 6.54 Å². The molecule has 1 aromatic carbocycles. The number of benzene rings is 1. The average Bonchev–Trinajstić information content (AvgIpc) is 2.60. The van der Waals surface area contributed by atoms with Crippen LogP contribution in [0.2, 0.25) is 0 Å². The Hall–Kier alpha value is -1.48. The fourth-order valence-electron chi connectivity index (χ4n) is 1.69. The summed E-state index contributed by atoms with van der Waals surface area (Å²) in [6, 6.07) is 8.18. The Morgan fingerprint density at radius 2 is 1.94 bits per heavy atom. The van der Waals surface area contributed by atoms with E-state index in [-0.39, 0.29) is 5.91 Å². The van der Waals surface area contributed by atoms with Crippen LogP contribution in [0.5, 0.6) is 0 Å². The topological polar surface area (TPSA) is 20.3 Å². The molecule has 0 saturated heterocycles. The molecule has 0 unspecified atom stereocenters. The minimum Gasteiger partial charge on any atom is -0.274 e. The van der Waals surface area contributed by atoms with Crippen LogP contribution in [0.1, 0.15) is 12.5 Å². The van der Waals surface area contributed by atoms with Crippen molar-refractivity contribution in [3.8, 4) is 0 Å². The lowest BCUT2D eigenvalue weighted by Crippen LogP contribution is -2.18. The molecule has 17 heavy (non-hydrogen) atoms. The number of nitrogens with zero attached hydrogens (tertiary/aromatic N) is 1. The fourth-order valence-corrected chi connectivity index (χ4v) is 2.62. The second-order valence-electron chi connectivity index (χ2n) is 4.10.